The van der Waals surface area contributed by atoms with Crippen LogP contribution in [-0.4, -0.2) is 49.6 Å². The lowest BCUT2D eigenvalue weighted by molar-refractivity contribution is -0.228. The monoisotopic (exact) mass is 613 g/mol. The van der Waals surface area contributed by atoms with Crippen LogP contribution in [0.4, 0.5) is 22.0 Å². The van der Waals surface area contributed by atoms with Crippen LogP contribution < -0.4 is 0 Å². The summed E-state index contributed by atoms with van der Waals surface area (Å²) >= 11 is 0. The van der Waals surface area contributed by atoms with Crippen LogP contribution >= 0.6 is 0 Å². The molecular weight excluding hydrogens is 581 g/mol. The summed E-state index contributed by atoms with van der Waals surface area (Å²) in [6.45, 7) is 2.60. The van der Waals surface area contributed by atoms with Crippen LogP contribution in [0, 0.1) is 29.5 Å². The molecule has 6 nitrogen and oxygen atoms in total. The average molecular weight is 614 g/mol. The van der Waals surface area contributed by atoms with Gasteiger partial charge in [0, 0.05) is 19.0 Å². The molecule has 3 aliphatic rings. The molecule has 2 aliphatic carbocycles. The van der Waals surface area contributed by atoms with Crippen molar-refractivity contribution >= 4 is 21.7 Å². The second kappa shape index (κ2) is 10.3. The molecule has 228 valence electrons. The highest BCUT2D eigenvalue weighted by atomic mass is 32.2. The minimum Gasteiger partial charge on any atom is -0.481 e. The van der Waals surface area contributed by atoms with E-state index >= 15 is 0 Å². The van der Waals surface area contributed by atoms with Crippen molar-refractivity contribution in [3.8, 4) is 0 Å². The zero-order valence-corrected chi connectivity index (χ0v) is 23.9. The summed E-state index contributed by atoms with van der Waals surface area (Å²) in [6, 6.07) is 7.57. The van der Waals surface area contributed by atoms with Crippen LogP contribution in [0.1, 0.15) is 56.2 Å². The Morgan fingerprint density at radius 1 is 1.00 bits per heavy atom. The summed E-state index contributed by atoms with van der Waals surface area (Å²) in [5, 5.41) is 9.48. The van der Waals surface area contributed by atoms with Gasteiger partial charge in [-0.05, 0) is 91.8 Å². The maximum Gasteiger partial charge on any atom is 0.426 e. The number of hydrogen-bond donors (Lipinski definition) is 1. The number of carboxylic acids is 1. The minimum atomic E-state index is -5.19. The Bertz CT molecular complexity index is 1510. The first-order valence-electron chi connectivity index (χ1n) is 13.9. The summed E-state index contributed by atoms with van der Waals surface area (Å²) in [5.41, 5.74) is -3.79. The summed E-state index contributed by atoms with van der Waals surface area (Å²) in [5.74, 6) is -4.23. The first-order valence-corrected chi connectivity index (χ1v) is 15.4. The number of amides is 1. The number of carbonyl (C=O) groups excluding carboxylic acids is 1. The highest BCUT2D eigenvalue weighted by Crippen LogP contribution is 2.60. The van der Waals surface area contributed by atoms with Gasteiger partial charge in [-0.3, -0.25) is 9.59 Å². The van der Waals surface area contributed by atoms with E-state index in [1.54, 1.807) is 11.8 Å². The lowest BCUT2D eigenvalue weighted by Gasteiger charge is -2.43. The van der Waals surface area contributed by atoms with Gasteiger partial charge in [0.1, 0.15) is 10.6 Å². The Labute approximate surface area is 240 Å². The van der Waals surface area contributed by atoms with E-state index in [0.717, 1.165) is 36.4 Å². The number of hydrogen-bond acceptors (Lipinski definition) is 4. The number of nitrogens with zero attached hydrogens (tertiary/aromatic N) is 1. The summed E-state index contributed by atoms with van der Waals surface area (Å²) in [4.78, 5) is 26.9. The van der Waals surface area contributed by atoms with Gasteiger partial charge in [-0.15, -0.1) is 0 Å². The Morgan fingerprint density at radius 3 is 2.26 bits per heavy atom. The van der Waals surface area contributed by atoms with Crippen LogP contribution in [0.5, 0.6) is 0 Å². The van der Waals surface area contributed by atoms with Gasteiger partial charge in [-0.25, -0.2) is 17.2 Å². The third-order valence-electron chi connectivity index (χ3n) is 9.73. The van der Waals surface area contributed by atoms with Gasteiger partial charge >= 0.3 is 12.1 Å². The van der Waals surface area contributed by atoms with Gasteiger partial charge < -0.3 is 10.0 Å². The number of halogens is 5. The van der Waals surface area contributed by atoms with Crippen LogP contribution in [0.2, 0.25) is 0 Å². The van der Waals surface area contributed by atoms with Crippen LogP contribution in [0.25, 0.3) is 0 Å². The van der Waals surface area contributed by atoms with Gasteiger partial charge in [0.25, 0.3) is 0 Å². The molecule has 1 unspecified atom stereocenters. The largest absolute Gasteiger partial charge is 0.481 e. The standard InChI is InChI=1S/C30H32F5NO5S/c1-17-16-36(14-12-22(17)27(38)39)26(37)23-11-13-29(42(40,41)21-7-5-20(31)6-8-21)24-10-4-19(28(2,32)30(33,34)35)15-18(24)3-9-25(23)29/h4-8,10,15,17,22-23,25H,3,9,11-14,16H2,1-2H3,(H,38,39)/t17-,22-,23+,25-,28?,29+/m0/s1. The van der Waals surface area contributed by atoms with E-state index in [9.17, 15) is 45.1 Å². The van der Waals surface area contributed by atoms with Gasteiger partial charge in [-0.1, -0.05) is 25.1 Å². The topological polar surface area (TPSA) is 91.8 Å². The molecule has 0 aromatic heterocycles. The quantitative estimate of drug-likeness (QED) is 0.341. The maximum atomic E-state index is 14.9. The average Bonchev–Trinajstić information content (AvgIpc) is 3.33. The number of sulfone groups is 1. The zero-order chi connectivity index (χ0) is 30.8. The van der Waals surface area contributed by atoms with Crippen molar-refractivity contribution in [2.24, 2.45) is 23.7 Å². The van der Waals surface area contributed by atoms with Crippen LogP contribution in [0.3, 0.4) is 0 Å². The van der Waals surface area contributed by atoms with Crippen molar-refractivity contribution < 1.29 is 45.1 Å². The molecule has 1 amide bonds. The van der Waals surface area contributed by atoms with E-state index in [2.05, 4.69) is 0 Å². The molecule has 0 bridgehead atoms. The van der Waals surface area contributed by atoms with Gasteiger partial charge in [-0.2, -0.15) is 13.2 Å². The zero-order valence-electron chi connectivity index (χ0n) is 23.1. The summed E-state index contributed by atoms with van der Waals surface area (Å²) in [7, 11) is -4.33. The molecule has 0 radical (unpaired) electrons. The lowest BCUT2D eigenvalue weighted by atomic mass is 9.72. The molecular formula is C30H32F5NO5S. The third-order valence-corrected chi connectivity index (χ3v) is 12.3. The summed E-state index contributed by atoms with van der Waals surface area (Å²) in [6.07, 6.45) is -4.44. The van der Waals surface area contributed by atoms with Crippen molar-refractivity contribution in [2.75, 3.05) is 13.1 Å². The molecule has 1 saturated heterocycles. The number of fused-ring (bicyclic) bond motifs is 3. The highest BCUT2D eigenvalue weighted by molar-refractivity contribution is 7.92. The van der Waals surface area contributed by atoms with Crippen molar-refractivity contribution in [1.82, 2.24) is 4.90 Å². The molecule has 12 heteroatoms. The Kier molecular flexibility index (Phi) is 7.47. The first kappa shape index (κ1) is 30.4. The van der Waals surface area contributed by atoms with E-state index in [1.165, 1.54) is 6.07 Å². The fraction of sp³-hybridized carbons (Fsp3) is 0.533. The number of carbonyl (C=O) groups is 2. The Hall–Kier alpha value is -3.02. The van der Waals surface area contributed by atoms with Gasteiger partial charge in [0.05, 0.1) is 10.8 Å². The van der Waals surface area contributed by atoms with Crippen molar-refractivity contribution in [3.05, 3.63) is 65.0 Å². The van der Waals surface area contributed by atoms with Crippen LogP contribution in [0.15, 0.2) is 47.4 Å². The van der Waals surface area contributed by atoms with E-state index < -0.39 is 61.5 Å². The number of likely N-dealkylation sites (tertiary alicyclic amines) is 1. The number of benzene rings is 2. The molecule has 1 aliphatic heterocycles. The minimum absolute atomic E-state index is 0.00651. The van der Waals surface area contributed by atoms with E-state index in [0.29, 0.717) is 6.92 Å². The molecule has 1 heterocycles. The number of carboxylic acid groups (broad SMARTS) is 1. The molecule has 1 N–H and O–H groups in total. The van der Waals surface area contributed by atoms with E-state index in [1.807, 2.05) is 0 Å². The Balaban J connectivity index is 1.59. The summed E-state index contributed by atoms with van der Waals surface area (Å²) < 4.78 is 96.4. The van der Waals surface area contributed by atoms with Crippen LogP contribution in [-0.2, 0) is 36.3 Å². The number of alkyl halides is 4. The molecule has 2 aromatic carbocycles. The highest BCUT2D eigenvalue weighted by Gasteiger charge is 2.62. The fourth-order valence-electron chi connectivity index (χ4n) is 7.38. The number of aliphatic carboxylic acids is 1. The predicted molar refractivity (Wildman–Crippen MR) is 142 cm³/mol. The smallest absolute Gasteiger partial charge is 0.426 e. The van der Waals surface area contributed by atoms with Crippen molar-refractivity contribution in [3.63, 3.8) is 0 Å². The molecule has 0 spiro atoms. The first-order chi connectivity index (χ1) is 19.5. The predicted octanol–water partition coefficient (Wildman–Crippen LogP) is 5.78. The number of rotatable bonds is 5. The lowest BCUT2D eigenvalue weighted by Crippen LogP contribution is -2.50. The normalized spacial score (nSPS) is 29.4. The maximum absolute atomic E-state index is 14.9. The molecule has 5 rings (SSSR count). The molecule has 1 saturated carbocycles. The molecule has 42 heavy (non-hydrogen) atoms. The second-order valence-corrected chi connectivity index (χ2v) is 14.2. The third kappa shape index (κ3) is 4.60. The number of piperidine rings is 1. The van der Waals surface area contributed by atoms with Gasteiger partial charge in [0.15, 0.2) is 9.84 Å². The van der Waals surface area contributed by atoms with Crippen molar-refractivity contribution in [1.29, 1.82) is 0 Å². The molecule has 6 atom stereocenters. The second-order valence-electron chi connectivity index (χ2n) is 12.0. The molecule has 2 aromatic rings. The Morgan fingerprint density at radius 2 is 1.67 bits per heavy atom. The van der Waals surface area contributed by atoms with E-state index in [4.69, 9.17) is 0 Å². The van der Waals surface area contributed by atoms with Gasteiger partial charge in [0.2, 0.25) is 11.6 Å². The number of aryl methyl sites for hydroxylation is 1. The van der Waals surface area contributed by atoms with E-state index in [-0.39, 0.29) is 73.0 Å². The molecule has 2 fully saturated rings. The SMILES string of the molecule is C[C@H]1CN(C(=O)[C@@H]2CC[C@@]3(S(=O)(=O)c4ccc(F)cc4)c4ccc(C(C)(F)C(F)(F)F)cc4CC[C@@H]23)CC[C@@H]1C(=O)O. The van der Waals surface area contributed by atoms with Crippen molar-refractivity contribution in [2.45, 2.75) is 67.4 Å². The fourth-order valence-corrected chi connectivity index (χ4v) is 9.85.